The van der Waals surface area contributed by atoms with Crippen LogP contribution in [0.5, 0.6) is 0 Å². The van der Waals surface area contributed by atoms with Crippen LogP contribution in [0.2, 0.25) is 0 Å². The molecule has 0 unspecified atom stereocenters. The molecule has 0 amide bonds. The molecule has 5 rings (SSSR count). The van der Waals surface area contributed by atoms with E-state index in [0.717, 1.165) is 30.4 Å². The summed E-state index contributed by atoms with van der Waals surface area (Å²) in [4.78, 5) is 31.6. The molecular formula is C22H17FN2O2S. The summed E-state index contributed by atoms with van der Waals surface area (Å²) in [7, 11) is 0. The molecule has 1 aliphatic carbocycles. The van der Waals surface area contributed by atoms with Crippen molar-refractivity contribution in [2.24, 2.45) is 0 Å². The summed E-state index contributed by atoms with van der Waals surface area (Å²) in [6.45, 7) is 0. The smallest absolute Gasteiger partial charge is 0.266 e. The lowest BCUT2D eigenvalue weighted by atomic mass is 10.1. The average molecular weight is 392 g/mol. The predicted molar refractivity (Wildman–Crippen MR) is 111 cm³/mol. The van der Waals surface area contributed by atoms with Gasteiger partial charge in [0, 0.05) is 16.1 Å². The monoisotopic (exact) mass is 392 g/mol. The molecule has 1 saturated carbocycles. The molecule has 0 atom stereocenters. The third-order valence-corrected chi connectivity index (χ3v) is 6.52. The first-order valence-corrected chi connectivity index (χ1v) is 10.2. The number of fused-ring (bicyclic) bond motifs is 2. The quantitative estimate of drug-likeness (QED) is 0.456. The van der Waals surface area contributed by atoms with E-state index in [4.69, 9.17) is 0 Å². The van der Waals surface area contributed by atoms with Crippen molar-refractivity contribution in [1.29, 1.82) is 0 Å². The van der Waals surface area contributed by atoms with Crippen LogP contribution >= 0.6 is 11.3 Å². The summed E-state index contributed by atoms with van der Waals surface area (Å²) in [5.74, 6) is -0.109. The van der Waals surface area contributed by atoms with Gasteiger partial charge in [0.2, 0.25) is 5.43 Å². The van der Waals surface area contributed by atoms with Crippen molar-refractivity contribution in [3.8, 4) is 11.4 Å². The molecule has 2 aromatic heterocycles. The molecule has 0 aliphatic heterocycles. The molecule has 6 heteroatoms. The van der Waals surface area contributed by atoms with E-state index < -0.39 is 5.82 Å². The summed E-state index contributed by atoms with van der Waals surface area (Å²) in [5.41, 5.74) is -0.364. The number of aromatic nitrogens is 2. The zero-order chi connectivity index (χ0) is 19.3. The summed E-state index contributed by atoms with van der Waals surface area (Å²) < 4.78 is 16.9. The van der Waals surface area contributed by atoms with Crippen LogP contribution in [-0.4, -0.2) is 9.55 Å². The van der Waals surface area contributed by atoms with Gasteiger partial charge in [-0.2, -0.15) is 0 Å². The first kappa shape index (κ1) is 17.3. The Morgan fingerprint density at radius 1 is 1.00 bits per heavy atom. The van der Waals surface area contributed by atoms with Crippen LogP contribution in [-0.2, 0) is 0 Å². The van der Waals surface area contributed by atoms with Gasteiger partial charge in [-0.1, -0.05) is 37.1 Å². The average Bonchev–Trinajstić information content (AvgIpc) is 3.22. The molecular weight excluding hydrogens is 375 g/mol. The van der Waals surface area contributed by atoms with E-state index in [9.17, 15) is 14.0 Å². The van der Waals surface area contributed by atoms with E-state index in [1.807, 2.05) is 12.1 Å². The van der Waals surface area contributed by atoms with Crippen molar-refractivity contribution in [2.75, 3.05) is 0 Å². The Labute approximate surface area is 163 Å². The lowest BCUT2D eigenvalue weighted by molar-refractivity contribution is 0.503. The molecule has 2 aromatic carbocycles. The molecule has 28 heavy (non-hydrogen) atoms. The summed E-state index contributed by atoms with van der Waals surface area (Å²) in [6, 6.07) is 13.5. The maximum absolute atomic E-state index is 14.6. The largest absolute Gasteiger partial charge is 0.289 e. The third kappa shape index (κ3) is 2.59. The van der Waals surface area contributed by atoms with Gasteiger partial charge in [-0.15, -0.1) is 11.3 Å². The molecule has 1 fully saturated rings. The van der Waals surface area contributed by atoms with E-state index in [0.29, 0.717) is 21.6 Å². The second-order valence-electron chi connectivity index (χ2n) is 7.14. The van der Waals surface area contributed by atoms with Crippen molar-refractivity contribution < 1.29 is 4.39 Å². The Kier molecular flexibility index (Phi) is 4.09. The van der Waals surface area contributed by atoms with Crippen LogP contribution in [0.25, 0.3) is 31.7 Å². The fourth-order valence-corrected chi connectivity index (χ4v) is 5.14. The highest BCUT2D eigenvalue weighted by molar-refractivity contribution is 7.24. The Morgan fingerprint density at radius 2 is 1.71 bits per heavy atom. The van der Waals surface area contributed by atoms with Crippen LogP contribution in [0.1, 0.15) is 31.7 Å². The van der Waals surface area contributed by atoms with E-state index in [-0.39, 0.29) is 22.4 Å². The Balaban J connectivity index is 1.94. The SMILES string of the molecule is O=c1c2ccccc2sc2nc(-c3ccccc3F)n(C3CCCC3)c(=O)c12. The highest BCUT2D eigenvalue weighted by atomic mass is 32.1. The number of hydrogen-bond donors (Lipinski definition) is 0. The molecule has 0 spiro atoms. The second-order valence-corrected chi connectivity index (χ2v) is 8.17. The van der Waals surface area contributed by atoms with Crippen molar-refractivity contribution in [1.82, 2.24) is 9.55 Å². The van der Waals surface area contributed by atoms with Crippen LogP contribution in [0.3, 0.4) is 0 Å². The maximum Gasteiger partial charge on any atom is 0.266 e. The van der Waals surface area contributed by atoms with E-state index in [1.54, 1.807) is 34.9 Å². The van der Waals surface area contributed by atoms with Gasteiger partial charge in [0.1, 0.15) is 21.9 Å². The fraction of sp³-hybridized carbons (Fsp3) is 0.227. The summed E-state index contributed by atoms with van der Waals surface area (Å²) >= 11 is 1.30. The predicted octanol–water partition coefficient (Wildman–Crippen LogP) is 4.89. The zero-order valence-electron chi connectivity index (χ0n) is 15.0. The zero-order valence-corrected chi connectivity index (χ0v) is 15.8. The van der Waals surface area contributed by atoms with Crippen LogP contribution in [0.15, 0.2) is 58.1 Å². The summed E-state index contributed by atoms with van der Waals surface area (Å²) in [5, 5.41) is 0.631. The Bertz CT molecular complexity index is 1340. The van der Waals surface area contributed by atoms with E-state index in [1.165, 1.54) is 17.4 Å². The van der Waals surface area contributed by atoms with Gasteiger partial charge in [0.25, 0.3) is 5.56 Å². The molecule has 0 saturated heterocycles. The van der Waals surface area contributed by atoms with Gasteiger partial charge in [0.15, 0.2) is 0 Å². The topological polar surface area (TPSA) is 52.0 Å². The van der Waals surface area contributed by atoms with Gasteiger partial charge in [0.05, 0.1) is 5.56 Å². The highest BCUT2D eigenvalue weighted by Crippen LogP contribution is 2.33. The van der Waals surface area contributed by atoms with Crippen molar-refractivity contribution in [3.63, 3.8) is 0 Å². The maximum atomic E-state index is 14.6. The molecule has 1 aliphatic rings. The van der Waals surface area contributed by atoms with Gasteiger partial charge in [-0.3, -0.25) is 14.2 Å². The Hall–Kier alpha value is -2.86. The van der Waals surface area contributed by atoms with Gasteiger partial charge < -0.3 is 0 Å². The molecule has 4 nitrogen and oxygen atoms in total. The van der Waals surface area contributed by atoms with Crippen LogP contribution in [0, 0.1) is 5.82 Å². The lowest BCUT2D eigenvalue weighted by Crippen LogP contribution is -2.29. The number of halogens is 1. The first-order valence-electron chi connectivity index (χ1n) is 9.38. The summed E-state index contributed by atoms with van der Waals surface area (Å²) in [6.07, 6.45) is 3.69. The van der Waals surface area contributed by atoms with Crippen molar-refractivity contribution in [2.45, 2.75) is 31.7 Å². The molecule has 2 heterocycles. The van der Waals surface area contributed by atoms with E-state index in [2.05, 4.69) is 4.98 Å². The highest BCUT2D eigenvalue weighted by Gasteiger charge is 2.26. The van der Waals surface area contributed by atoms with Gasteiger partial charge in [-0.05, 0) is 37.1 Å². The van der Waals surface area contributed by atoms with Crippen molar-refractivity contribution >= 4 is 31.6 Å². The molecule has 140 valence electrons. The van der Waals surface area contributed by atoms with Crippen LogP contribution < -0.4 is 11.0 Å². The first-order chi connectivity index (χ1) is 13.6. The lowest BCUT2D eigenvalue weighted by Gasteiger charge is -2.19. The Morgan fingerprint density at radius 3 is 2.50 bits per heavy atom. The molecule has 0 N–H and O–H groups in total. The second kappa shape index (κ2) is 6.63. The number of nitrogens with zero attached hydrogens (tertiary/aromatic N) is 2. The number of benzene rings is 2. The minimum absolute atomic E-state index is 0.0603. The standard InChI is InChI=1S/C22H17FN2O2S/c23-16-11-5-3-9-14(16)20-24-21-18(22(27)25(20)13-7-1-2-8-13)19(26)15-10-4-6-12-17(15)28-21/h3-6,9-13H,1-2,7-8H2. The minimum Gasteiger partial charge on any atom is -0.289 e. The normalized spacial score (nSPS) is 14.9. The van der Waals surface area contributed by atoms with Crippen molar-refractivity contribution in [3.05, 3.63) is 74.9 Å². The number of hydrogen-bond acceptors (Lipinski definition) is 4. The van der Waals surface area contributed by atoms with Crippen LogP contribution in [0.4, 0.5) is 4.39 Å². The minimum atomic E-state index is -0.423. The molecule has 0 bridgehead atoms. The van der Waals surface area contributed by atoms with E-state index >= 15 is 0 Å². The fourth-order valence-electron chi connectivity index (χ4n) is 4.10. The molecule has 0 radical (unpaired) electrons. The third-order valence-electron chi connectivity index (χ3n) is 5.45. The van der Waals surface area contributed by atoms with Gasteiger partial charge in [-0.25, -0.2) is 9.37 Å². The van der Waals surface area contributed by atoms with Gasteiger partial charge >= 0.3 is 0 Å². The molecule has 4 aromatic rings. The number of rotatable bonds is 2.